The standard InChI is InChI=1S/C20H17F3N4O2/c21-20(22,23)29-17-5-1-3-15(13-17)6-7-18(28)26-9-11-27(12-10-26)19-16(14-24)4-2-8-25-19/h1-8,13H,9-12H2/b7-6+. The van der Waals surface area contributed by atoms with E-state index in [9.17, 15) is 23.2 Å². The van der Waals surface area contributed by atoms with Crippen molar-refractivity contribution < 1.29 is 22.7 Å². The number of aromatic nitrogens is 1. The van der Waals surface area contributed by atoms with Crippen molar-refractivity contribution >= 4 is 17.8 Å². The third-order valence-corrected chi connectivity index (χ3v) is 4.31. The Bertz CT molecular complexity index is 945. The van der Waals surface area contributed by atoms with Crippen LogP contribution in [0.15, 0.2) is 48.7 Å². The molecule has 1 saturated heterocycles. The molecule has 2 aromatic rings. The molecule has 0 atom stereocenters. The second-order valence-electron chi connectivity index (χ2n) is 6.25. The fourth-order valence-corrected chi connectivity index (χ4v) is 2.96. The molecule has 1 aliphatic heterocycles. The number of piperazine rings is 1. The number of carbonyl (C=O) groups excluding carboxylic acids is 1. The summed E-state index contributed by atoms with van der Waals surface area (Å²) in [5.74, 6) is 0.0109. The maximum Gasteiger partial charge on any atom is 0.573 e. The molecule has 9 heteroatoms. The summed E-state index contributed by atoms with van der Waals surface area (Å²) in [6.45, 7) is 1.95. The van der Waals surface area contributed by atoms with E-state index in [0.717, 1.165) is 0 Å². The van der Waals surface area contributed by atoms with Crippen LogP contribution in [0, 0.1) is 11.3 Å². The second kappa shape index (κ2) is 8.65. The number of benzene rings is 1. The number of nitriles is 1. The van der Waals surface area contributed by atoms with Gasteiger partial charge in [0.25, 0.3) is 0 Å². The molecule has 0 N–H and O–H groups in total. The normalized spacial score (nSPS) is 14.7. The predicted molar refractivity (Wildman–Crippen MR) is 99.9 cm³/mol. The number of rotatable bonds is 4. The fourth-order valence-electron chi connectivity index (χ4n) is 2.96. The molecule has 1 amide bonds. The molecule has 2 heterocycles. The van der Waals surface area contributed by atoms with E-state index < -0.39 is 6.36 Å². The number of pyridine rings is 1. The zero-order valence-corrected chi connectivity index (χ0v) is 15.3. The fraction of sp³-hybridized carbons (Fsp3) is 0.250. The van der Waals surface area contributed by atoms with Crippen molar-refractivity contribution in [2.45, 2.75) is 6.36 Å². The van der Waals surface area contributed by atoms with Crippen LogP contribution in [0.2, 0.25) is 0 Å². The summed E-state index contributed by atoms with van der Waals surface area (Å²) in [5.41, 5.74) is 0.902. The van der Waals surface area contributed by atoms with E-state index in [1.807, 2.05) is 4.90 Å². The number of anilines is 1. The molecule has 0 unspecified atom stereocenters. The first kappa shape index (κ1) is 20.2. The van der Waals surface area contributed by atoms with Crippen molar-refractivity contribution in [3.63, 3.8) is 0 Å². The first-order chi connectivity index (χ1) is 13.9. The number of alkyl halides is 3. The van der Waals surface area contributed by atoms with Gasteiger partial charge in [0.1, 0.15) is 17.6 Å². The quantitative estimate of drug-likeness (QED) is 0.735. The van der Waals surface area contributed by atoms with E-state index in [4.69, 9.17) is 0 Å². The molecular weight excluding hydrogens is 385 g/mol. The second-order valence-corrected chi connectivity index (χ2v) is 6.25. The molecule has 0 bridgehead atoms. The van der Waals surface area contributed by atoms with E-state index in [2.05, 4.69) is 15.8 Å². The van der Waals surface area contributed by atoms with Crippen LogP contribution < -0.4 is 9.64 Å². The van der Waals surface area contributed by atoms with Crippen molar-refractivity contribution in [1.29, 1.82) is 5.26 Å². The Balaban J connectivity index is 1.59. The summed E-state index contributed by atoms with van der Waals surface area (Å²) in [6.07, 6.45) is -0.377. The van der Waals surface area contributed by atoms with Gasteiger partial charge in [-0.1, -0.05) is 12.1 Å². The van der Waals surface area contributed by atoms with Gasteiger partial charge < -0.3 is 14.5 Å². The average Bonchev–Trinajstić information content (AvgIpc) is 2.71. The van der Waals surface area contributed by atoms with Crippen molar-refractivity contribution in [2.75, 3.05) is 31.1 Å². The molecule has 1 aromatic carbocycles. The van der Waals surface area contributed by atoms with Gasteiger partial charge in [-0.2, -0.15) is 5.26 Å². The van der Waals surface area contributed by atoms with Crippen molar-refractivity contribution in [2.24, 2.45) is 0 Å². The molecule has 1 aromatic heterocycles. The third kappa shape index (κ3) is 5.48. The third-order valence-electron chi connectivity index (χ3n) is 4.31. The molecule has 6 nitrogen and oxygen atoms in total. The molecular formula is C20H17F3N4O2. The molecule has 1 fully saturated rings. The van der Waals surface area contributed by atoms with Gasteiger partial charge in [0.2, 0.25) is 5.91 Å². The topological polar surface area (TPSA) is 69.5 Å². The highest BCUT2D eigenvalue weighted by Crippen LogP contribution is 2.24. The molecule has 0 spiro atoms. The lowest BCUT2D eigenvalue weighted by Crippen LogP contribution is -2.48. The van der Waals surface area contributed by atoms with E-state index in [0.29, 0.717) is 43.1 Å². The van der Waals surface area contributed by atoms with Gasteiger partial charge in [0.15, 0.2) is 0 Å². The number of hydrogen-bond donors (Lipinski definition) is 0. The lowest BCUT2D eigenvalue weighted by molar-refractivity contribution is -0.274. The first-order valence-corrected chi connectivity index (χ1v) is 8.78. The minimum atomic E-state index is -4.77. The largest absolute Gasteiger partial charge is 0.573 e. The molecule has 1 aliphatic rings. The van der Waals surface area contributed by atoms with Gasteiger partial charge in [-0.3, -0.25) is 4.79 Å². The highest BCUT2D eigenvalue weighted by atomic mass is 19.4. The van der Waals surface area contributed by atoms with Crippen LogP contribution >= 0.6 is 0 Å². The number of halogens is 3. The molecule has 0 saturated carbocycles. The van der Waals surface area contributed by atoms with Crippen LogP contribution in [0.5, 0.6) is 5.75 Å². The Hall–Kier alpha value is -3.54. The van der Waals surface area contributed by atoms with Crippen LogP contribution in [-0.2, 0) is 4.79 Å². The Morgan fingerprint density at radius 1 is 1.17 bits per heavy atom. The summed E-state index contributed by atoms with van der Waals surface area (Å²) in [6, 6.07) is 10.9. The maximum atomic E-state index is 12.4. The van der Waals surface area contributed by atoms with Crippen LogP contribution in [-0.4, -0.2) is 48.3 Å². The average molecular weight is 402 g/mol. The first-order valence-electron chi connectivity index (χ1n) is 8.78. The highest BCUT2D eigenvalue weighted by Gasteiger charge is 2.31. The number of amides is 1. The van der Waals surface area contributed by atoms with E-state index in [-0.39, 0.29) is 11.7 Å². The van der Waals surface area contributed by atoms with Crippen molar-refractivity contribution in [3.05, 3.63) is 59.8 Å². The predicted octanol–water partition coefficient (Wildman–Crippen LogP) is 3.21. The molecule has 0 radical (unpaired) electrons. The minimum absolute atomic E-state index is 0.242. The van der Waals surface area contributed by atoms with Gasteiger partial charge in [-0.05, 0) is 35.9 Å². The Morgan fingerprint density at radius 3 is 2.62 bits per heavy atom. The Labute approximate surface area is 165 Å². The SMILES string of the molecule is N#Cc1cccnc1N1CCN(C(=O)/C=C/c2cccc(OC(F)(F)F)c2)CC1. The maximum absolute atomic E-state index is 12.4. The zero-order chi connectivity index (χ0) is 20.9. The smallest absolute Gasteiger partial charge is 0.406 e. The summed E-state index contributed by atoms with van der Waals surface area (Å²) < 4.78 is 40.8. The number of ether oxygens (including phenoxy) is 1. The van der Waals surface area contributed by atoms with Gasteiger partial charge in [0.05, 0.1) is 5.56 Å². The van der Waals surface area contributed by atoms with E-state index in [1.54, 1.807) is 29.3 Å². The molecule has 0 aliphatic carbocycles. The lowest BCUT2D eigenvalue weighted by Gasteiger charge is -2.35. The van der Waals surface area contributed by atoms with Crippen LogP contribution in [0.3, 0.4) is 0 Å². The van der Waals surface area contributed by atoms with E-state index in [1.165, 1.54) is 30.4 Å². The number of carbonyl (C=O) groups is 1. The summed E-state index contributed by atoms with van der Waals surface area (Å²) in [5, 5.41) is 9.19. The number of hydrogen-bond acceptors (Lipinski definition) is 5. The van der Waals surface area contributed by atoms with Gasteiger partial charge in [-0.15, -0.1) is 13.2 Å². The summed E-state index contributed by atoms with van der Waals surface area (Å²) >= 11 is 0. The minimum Gasteiger partial charge on any atom is -0.406 e. The van der Waals surface area contributed by atoms with Gasteiger partial charge >= 0.3 is 6.36 Å². The Kier molecular flexibility index (Phi) is 6.02. The number of nitrogens with zero attached hydrogens (tertiary/aromatic N) is 4. The van der Waals surface area contributed by atoms with E-state index >= 15 is 0 Å². The summed E-state index contributed by atoms with van der Waals surface area (Å²) in [7, 11) is 0. The Morgan fingerprint density at radius 2 is 1.93 bits per heavy atom. The van der Waals surface area contributed by atoms with Gasteiger partial charge in [0, 0.05) is 38.5 Å². The van der Waals surface area contributed by atoms with Crippen LogP contribution in [0.4, 0.5) is 19.0 Å². The molecule has 150 valence electrons. The van der Waals surface area contributed by atoms with Gasteiger partial charge in [-0.25, -0.2) is 4.98 Å². The monoisotopic (exact) mass is 402 g/mol. The van der Waals surface area contributed by atoms with Crippen molar-refractivity contribution in [3.8, 4) is 11.8 Å². The molecule has 3 rings (SSSR count). The molecule has 29 heavy (non-hydrogen) atoms. The summed E-state index contributed by atoms with van der Waals surface area (Å²) in [4.78, 5) is 20.2. The van der Waals surface area contributed by atoms with Crippen LogP contribution in [0.1, 0.15) is 11.1 Å². The van der Waals surface area contributed by atoms with Crippen molar-refractivity contribution in [1.82, 2.24) is 9.88 Å². The highest BCUT2D eigenvalue weighted by molar-refractivity contribution is 5.92. The zero-order valence-electron chi connectivity index (χ0n) is 15.3. The van der Waals surface area contributed by atoms with Crippen LogP contribution in [0.25, 0.3) is 6.08 Å². The lowest BCUT2D eigenvalue weighted by atomic mass is 10.2.